The smallest absolute Gasteiger partial charge is 0.269 e. The number of rotatable bonds is 1. The molecule has 0 bridgehead atoms. The standard InChI is InChI=1S/C10H14N2O2/c1-8-6-9(13)12(11-7-8)10-4-2-3-5-14-10/h6-7,10H,2-5H2,1H3. The highest BCUT2D eigenvalue weighted by atomic mass is 16.5. The lowest BCUT2D eigenvalue weighted by molar-refractivity contribution is -0.0425. The van der Waals surface area contributed by atoms with Gasteiger partial charge in [0.05, 0.1) is 6.20 Å². The Hall–Kier alpha value is -1.16. The SMILES string of the molecule is Cc1cnn(C2CCCCO2)c(=O)c1. The molecule has 0 spiro atoms. The minimum Gasteiger partial charge on any atom is -0.356 e. The van der Waals surface area contributed by atoms with Crippen LogP contribution in [0, 0.1) is 6.92 Å². The van der Waals surface area contributed by atoms with E-state index in [4.69, 9.17) is 4.74 Å². The van der Waals surface area contributed by atoms with Gasteiger partial charge in [0.15, 0.2) is 6.23 Å². The summed E-state index contributed by atoms with van der Waals surface area (Å²) in [5.74, 6) is 0. The van der Waals surface area contributed by atoms with E-state index >= 15 is 0 Å². The van der Waals surface area contributed by atoms with E-state index in [9.17, 15) is 4.79 Å². The van der Waals surface area contributed by atoms with Crippen LogP contribution >= 0.6 is 0 Å². The Morgan fingerprint density at radius 1 is 1.57 bits per heavy atom. The molecule has 14 heavy (non-hydrogen) atoms. The summed E-state index contributed by atoms with van der Waals surface area (Å²) in [6.45, 7) is 2.59. The molecule has 1 aromatic rings. The molecule has 0 aromatic carbocycles. The van der Waals surface area contributed by atoms with Gasteiger partial charge in [-0.2, -0.15) is 5.10 Å². The van der Waals surface area contributed by atoms with Crippen LogP contribution in [0.5, 0.6) is 0 Å². The molecule has 4 nitrogen and oxygen atoms in total. The van der Waals surface area contributed by atoms with Crippen molar-refractivity contribution in [2.45, 2.75) is 32.4 Å². The minimum atomic E-state index is -0.156. The molecule has 1 aliphatic rings. The Bertz CT molecular complexity index is 367. The molecule has 1 fully saturated rings. The van der Waals surface area contributed by atoms with Crippen molar-refractivity contribution in [3.63, 3.8) is 0 Å². The molecule has 0 radical (unpaired) electrons. The first-order valence-corrected chi connectivity index (χ1v) is 4.94. The average Bonchev–Trinajstić information content (AvgIpc) is 2.19. The zero-order chi connectivity index (χ0) is 9.97. The quantitative estimate of drug-likeness (QED) is 0.675. The van der Waals surface area contributed by atoms with Gasteiger partial charge in [0, 0.05) is 12.7 Å². The van der Waals surface area contributed by atoms with Crippen molar-refractivity contribution < 1.29 is 4.74 Å². The van der Waals surface area contributed by atoms with Gasteiger partial charge in [-0.15, -0.1) is 0 Å². The summed E-state index contributed by atoms with van der Waals surface area (Å²) in [6, 6.07) is 1.59. The third-order valence-corrected chi connectivity index (χ3v) is 2.39. The molecule has 1 saturated heterocycles. The Morgan fingerprint density at radius 2 is 2.43 bits per heavy atom. The van der Waals surface area contributed by atoms with E-state index in [2.05, 4.69) is 5.10 Å². The summed E-state index contributed by atoms with van der Waals surface area (Å²) < 4.78 is 6.92. The molecule has 1 aromatic heterocycles. The van der Waals surface area contributed by atoms with Gasteiger partial charge in [-0.3, -0.25) is 4.79 Å². The van der Waals surface area contributed by atoms with Gasteiger partial charge in [0.2, 0.25) is 0 Å². The Balaban J connectivity index is 2.26. The second-order valence-corrected chi connectivity index (χ2v) is 3.64. The van der Waals surface area contributed by atoms with E-state index in [1.165, 1.54) is 4.68 Å². The maximum Gasteiger partial charge on any atom is 0.269 e. The molecule has 2 rings (SSSR count). The number of ether oxygens (including phenoxy) is 1. The zero-order valence-electron chi connectivity index (χ0n) is 8.27. The molecule has 1 atom stereocenters. The maximum absolute atomic E-state index is 11.6. The molecule has 1 unspecified atom stereocenters. The highest BCUT2D eigenvalue weighted by Crippen LogP contribution is 2.19. The van der Waals surface area contributed by atoms with Crippen molar-refractivity contribution in [1.29, 1.82) is 0 Å². The van der Waals surface area contributed by atoms with Crippen molar-refractivity contribution in [3.8, 4) is 0 Å². The third kappa shape index (κ3) is 1.85. The monoisotopic (exact) mass is 194 g/mol. The summed E-state index contributed by atoms with van der Waals surface area (Å²) >= 11 is 0. The fraction of sp³-hybridized carbons (Fsp3) is 0.600. The van der Waals surface area contributed by atoms with Crippen LogP contribution in [0.15, 0.2) is 17.1 Å². The van der Waals surface area contributed by atoms with Gasteiger partial charge in [-0.1, -0.05) is 0 Å². The van der Waals surface area contributed by atoms with Crippen LogP contribution in [0.4, 0.5) is 0 Å². The first kappa shape index (κ1) is 9.40. The van der Waals surface area contributed by atoms with E-state index < -0.39 is 0 Å². The van der Waals surface area contributed by atoms with Crippen molar-refractivity contribution in [2.75, 3.05) is 6.61 Å². The first-order chi connectivity index (χ1) is 6.77. The van der Waals surface area contributed by atoms with Crippen LogP contribution in [0.25, 0.3) is 0 Å². The lowest BCUT2D eigenvalue weighted by atomic mass is 10.2. The molecular weight excluding hydrogens is 180 g/mol. The molecule has 76 valence electrons. The number of aromatic nitrogens is 2. The van der Waals surface area contributed by atoms with E-state index in [0.29, 0.717) is 0 Å². The third-order valence-electron chi connectivity index (χ3n) is 2.39. The van der Waals surface area contributed by atoms with E-state index in [1.54, 1.807) is 12.3 Å². The van der Waals surface area contributed by atoms with E-state index in [1.807, 2.05) is 6.92 Å². The second kappa shape index (κ2) is 3.92. The number of nitrogens with zero attached hydrogens (tertiary/aromatic N) is 2. The summed E-state index contributed by atoms with van der Waals surface area (Å²) in [4.78, 5) is 11.6. The largest absolute Gasteiger partial charge is 0.356 e. The minimum absolute atomic E-state index is 0.0723. The van der Waals surface area contributed by atoms with Crippen LogP contribution in [-0.2, 0) is 4.74 Å². The summed E-state index contributed by atoms with van der Waals surface area (Å²) in [5.41, 5.74) is 0.818. The summed E-state index contributed by atoms with van der Waals surface area (Å²) in [5, 5.41) is 4.08. The molecular formula is C10H14N2O2. The van der Waals surface area contributed by atoms with Crippen molar-refractivity contribution in [1.82, 2.24) is 9.78 Å². The van der Waals surface area contributed by atoms with Crippen molar-refractivity contribution in [3.05, 3.63) is 28.2 Å². The van der Waals surface area contributed by atoms with Gasteiger partial charge in [-0.05, 0) is 31.7 Å². The highest BCUT2D eigenvalue weighted by Gasteiger charge is 2.17. The number of hydrogen-bond donors (Lipinski definition) is 0. The maximum atomic E-state index is 11.6. The van der Waals surface area contributed by atoms with Crippen LogP contribution < -0.4 is 5.56 Å². The fourth-order valence-corrected chi connectivity index (χ4v) is 1.64. The first-order valence-electron chi connectivity index (χ1n) is 4.94. The highest BCUT2D eigenvalue weighted by molar-refractivity contribution is 5.02. The molecule has 0 saturated carbocycles. The average molecular weight is 194 g/mol. The molecule has 0 aliphatic carbocycles. The van der Waals surface area contributed by atoms with Crippen molar-refractivity contribution >= 4 is 0 Å². The van der Waals surface area contributed by atoms with Gasteiger partial charge >= 0.3 is 0 Å². The lowest BCUT2D eigenvalue weighted by Crippen LogP contribution is -2.30. The molecule has 1 aliphatic heterocycles. The normalized spacial score (nSPS) is 22.2. The number of aryl methyl sites for hydroxylation is 1. The van der Waals surface area contributed by atoms with Gasteiger partial charge in [-0.25, -0.2) is 4.68 Å². The van der Waals surface area contributed by atoms with Crippen LogP contribution in [0.1, 0.15) is 31.1 Å². The molecule has 4 heteroatoms. The predicted molar refractivity (Wildman–Crippen MR) is 52.1 cm³/mol. The summed E-state index contributed by atoms with van der Waals surface area (Å²) in [7, 11) is 0. The second-order valence-electron chi connectivity index (χ2n) is 3.64. The fourth-order valence-electron chi connectivity index (χ4n) is 1.64. The van der Waals surface area contributed by atoms with Gasteiger partial charge < -0.3 is 4.74 Å². The van der Waals surface area contributed by atoms with Crippen LogP contribution in [-0.4, -0.2) is 16.4 Å². The predicted octanol–water partition coefficient (Wildman–Crippen LogP) is 1.25. The van der Waals surface area contributed by atoms with Crippen LogP contribution in [0.2, 0.25) is 0 Å². The Kier molecular flexibility index (Phi) is 2.63. The van der Waals surface area contributed by atoms with Crippen LogP contribution in [0.3, 0.4) is 0 Å². The molecule has 0 amide bonds. The number of hydrogen-bond acceptors (Lipinski definition) is 3. The summed E-state index contributed by atoms with van der Waals surface area (Å²) in [6.07, 6.45) is 4.61. The van der Waals surface area contributed by atoms with E-state index in [0.717, 1.165) is 31.4 Å². The van der Waals surface area contributed by atoms with Gasteiger partial charge in [0.1, 0.15) is 0 Å². The van der Waals surface area contributed by atoms with E-state index in [-0.39, 0.29) is 11.8 Å². The molecule has 0 N–H and O–H groups in total. The zero-order valence-corrected chi connectivity index (χ0v) is 8.27. The topological polar surface area (TPSA) is 44.1 Å². The molecule has 2 heterocycles. The Morgan fingerprint density at radius 3 is 3.07 bits per heavy atom. The lowest BCUT2D eigenvalue weighted by Gasteiger charge is -2.23. The Labute approximate surface area is 82.5 Å². The van der Waals surface area contributed by atoms with Crippen molar-refractivity contribution in [2.24, 2.45) is 0 Å². The van der Waals surface area contributed by atoms with Gasteiger partial charge in [0.25, 0.3) is 5.56 Å².